The lowest BCUT2D eigenvalue weighted by Crippen LogP contribution is -2.22. The van der Waals surface area contributed by atoms with Crippen molar-refractivity contribution in [2.75, 3.05) is 17.7 Å². The monoisotopic (exact) mass is 409 g/mol. The number of carbonyl (C=O) groups is 2. The summed E-state index contributed by atoms with van der Waals surface area (Å²) in [5, 5.41) is 3.08. The summed E-state index contributed by atoms with van der Waals surface area (Å²) in [4.78, 5) is 23.8. The van der Waals surface area contributed by atoms with E-state index in [2.05, 4.69) is 5.32 Å². The van der Waals surface area contributed by atoms with E-state index in [-0.39, 0.29) is 11.3 Å². The van der Waals surface area contributed by atoms with Gasteiger partial charge in [0.05, 0.1) is 17.1 Å². The minimum absolute atomic E-state index is 0.0763. The van der Waals surface area contributed by atoms with Crippen LogP contribution in [0.1, 0.15) is 17.5 Å². The number of rotatable bonds is 7. The summed E-state index contributed by atoms with van der Waals surface area (Å²) in [5.41, 5.74) is 2.51. The first kappa shape index (κ1) is 20.9. The van der Waals surface area contributed by atoms with Crippen molar-refractivity contribution in [3.63, 3.8) is 0 Å². The standard InChI is InChI=1S/C19H20ClNO5S/c1-13-3-4-14(2)17(11-13)21-18(22)12-26-19(23)9-10-27(24,25)16-7-5-15(20)6-8-16/h3-8,11H,9-10,12H2,1-2H3,(H,21,22). The molecule has 1 N–H and O–H groups in total. The Kier molecular flexibility index (Phi) is 6.98. The Morgan fingerprint density at radius 3 is 2.41 bits per heavy atom. The maximum atomic E-state index is 12.2. The van der Waals surface area contributed by atoms with Crippen LogP contribution in [0.4, 0.5) is 5.69 Å². The van der Waals surface area contributed by atoms with E-state index < -0.39 is 34.1 Å². The lowest BCUT2D eigenvalue weighted by molar-refractivity contribution is -0.146. The van der Waals surface area contributed by atoms with E-state index in [0.717, 1.165) is 11.1 Å². The Morgan fingerprint density at radius 1 is 1.07 bits per heavy atom. The minimum Gasteiger partial charge on any atom is -0.456 e. The number of hydrogen-bond acceptors (Lipinski definition) is 5. The summed E-state index contributed by atoms with van der Waals surface area (Å²) in [6, 6.07) is 11.3. The Morgan fingerprint density at radius 2 is 1.74 bits per heavy atom. The Labute approximate surface area is 163 Å². The molecule has 144 valence electrons. The zero-order chi connectivity index (χ0) is 20.0. The van der Waals surface area contributed by atoms with Gasteiger partial charge in [0.2, 0.25) is 0 Å². The summed E-state index contributed by atoms with van der Waals surface area (Å²) >= 11 is 5.73. The van der Waals surface area contributed by atoms with Crippen LogP contribution in [0.5, 0.6) is 0 Å². The molecular weight excluding hydrogens is 390 g/mol. The van der Waals surface area contributed by atoms with Crippen molar-refractivity contribution < 1.29 is 22.7 Å². The Bertz CT molecular complexity index is 939. The van der Waals surface area contributed by atoms with Crippen LogP contribution in [-0.4, -0.2) is 32.7 Å². The smallest absolute Gasteiger partial charge is 0.307 e. The molecule has 2 rings (SSSR count). The molecule has 0 atom stereocenters. The third-order valence-corrected chi connectivity index (χ3v) is 5.76. The van der Waals surface area contributed by atoms with Gasteiger partial charge in [-0.15, -0.1) is 0 Å². The van der Waals surface area contributed by atoms with Crippen molar-refractivity contribution in [2.24, 2.45) is 0 Å². The number of halogens is 1. The van der Waals surface area contributed by atoms with E-state index >= 15 is 0 Å². The van der Waals surface area contributed by atoms with Gasteiger partial charge < -0.3 is 10.1 Å². The summed E-state index contributed by atoms with van der Waals surface area (Å²) in [7, 11) is -3.63. The van der Waals surface area contributed by atoms with E-state index in [1.807, 2.05) is 32.0 Å². The van der Waals surface area contributed by atoms with Gasteiger partial charge in [-0.3, -0.25) is 9.59 Å². The lowest BCUT2D eigenvalue weighted by atomic mass is 10.1. The number of hydrogen-bond donors (Lipinski definition) is 1. The van der Waals surface area contributed by atoms with Crippen LogP contribution in [0.3, 0.4) is 0 Å². The van der Waals surface area contributed by atoms with Gasteiger partial charge in [0.15, 0.2) is 16.4 Å². The van der Waals surface area contributed by atoms with Gasteiger partial charge in [-0.1, -0.05) is 23.7 Å². The van der Waals surface area contributed by atoms with Gasteiger partial charge in [0.25, 0.3) is 5.91 Å². The molecule has 0 aliphatic carbocycles. The topological polar surface area (TPSA) is 89.5 Å². The van der Waals surface area contributed by atoms with Gasteiger partial charge in [0.1, 0.15) is 0 Å². The fourth-order valence-corrected chi connectivity index (χ4v) is 3.60. The number of amides is 1. The second kappa shape index (κ2) is 9.01. The molecule has 2 aromatic rings. The fraction of sp³-hybridized carbons (Fsp3) is 0.263. The molecule has 0 bridgehead atoms. The molecule has 27 heavy (non-hydrogen) atoms. The van der Waals surface area contributed by atoms with E-state index in [1.165, 1.54) is 24.3 Å². The highest BCUT2D eigenvalue weighted by atomic mass is 35.5. The van der Waals surface area contributed by atoms with Gasteiger partial charge >= 0.3 is 5.97 Å². The second-order valence-corrected chi connectivity index (χ2v) is 8.60. The van der Waals surface area contributed by atoms with Crippen molar-refractivity contribution >= 4 is 39.0 Å². The Hall–Kier alpha value is -2.38. The molecule has 0 saturated carbocycles. The van der Waals surface area contributed by atoms with Crippen molar-refractivity contribution in [2.45, 2.75) is 25.2 Å². The fourth-order valence-electron chi connectivity index (χ4n) is 2.25. The molecule has 6 nitrogen and oxygen atoms in total. The van der Waals surface area contributed by atoms with E-state index in [4.69, 9.17) is 16.3 Å². The van der Waals surface area contributed by atoms with Crippen LogP contribution in [0.15, 0.2) is 47.4 Å². The first-order valence-electron chi connectivity index (χ1n) is 8.18. The molecule has 0 fully saturated rings. The van der Waals surface area contributed by atoms with Gasteiger partial charge in [-0.2, -0.15) is 0 Å². The maximum Gasteiger partial charge on any atom is 0.307 e. The van der Waals surface area contributed by atoms with Gasteiger partial charge in [0, 0.05) is 10.7 Å². The van der Waals surface area contributed by atoms with Crippen LogP contribution < -0.4 is 5.32 Å². The molecule has 2 aromatic carbocycles. The quantitative estimate of drug-likeness (QED) is 0.708. The van der Waals surface area contributed by atoms with Gasteiger partial charge in [-0.05, 0) is 55.3 Å². The van der Waals surface area contributed by atoms with Crippen molar-refractivity contribution in [1.82, 2.24) is 0 Å². The maximum absolute atomic E-state index is 12.2. The predicted molar refractivity (Wildman–Crippen MR) is 104 cm³/mol. The third-order valence-electron chi connectivity index (χ3n) is 3.78. The van der Waals surface area contributed by atoms with Crippen LogP contribution in [0, 0.1) is 13.8 Å². The number of anilines is 1. The summed E-state index contributed by atoms with van der Waals surface area (Å²) in [6.45, 7) is 3.27. The van der Waals surface area contributed by atoms with E-state index in [0.29, 0.717) is 10.7 Å². The second-order valence-electron chi connectivity index (χ2n) is 6.05. The largest absolute Gasteiger partial charge is 0.456 e. The molecule has 1 amide bonds. The van der Waals surface area contributed by atoms with E-state index in [1.54, 1.807) is 0 Å². The highest BCUT2D eigenvalue weighted by Crippen LogP contribution is 2.17. The SMILES string of the molecule is Cc1ccc(C)c(NC(=O)COC(=O)CCS(=O)(=O)c2ccc(Cl)cc2)c1. The first-order valence-corrected chi connectivity index (χ1v) is 10.2. The number of sulfone groups is 1. The molecule has 8 heteroatoms. The molecule has 0 radical (unpaired) electrons. The number of aryl methyl sites for hydroxylation is 2. The zero-order valence-corrected chi connectivity index (χ0v) is 16.6. The first-order chi connectivity index (χ1) is 12.7. The average molecular weight is 410 g/mol. The molecular formula is C19H20ClNO5S. The summed E-state index contributed by atoms with van der Waals surface area (Å²) < 4.78 is 29.2. The highest BCUT2D eigenvalue weighted by molar-refractivity contribution is 7.91. The highest BCUT2D eigenvalue weighted by Gasteiger charge is 2.18. The molecule has 0 spiro atoms. The minimum atomic E-state index is -3.63. The van der Waals surface area contributed by atoms with Gasteiger partial charge in [-0.25, -0.2) is 8.42 Å². The van der Waals surface area contributed by atoms with Crippen LogP contribution in [0.2, 0.25) is 5.02 Å². The molecule has 0 aliphatic heterocycles. The number of ether oxygens (including phenoxy) is 1. The van der Waals surface area contributed by atoms with Crippen LogP contribution >= 0.6 is 11.6 Å². The normalized spacial score (nSPS) is 11.1. The lowest BCUT2D eigenvalue weighted by Gasteiger charge is -2.10. The molecule has 0 saturated heterocycles. The zero-order valence-electron chi connectivity index (χ0n) is 15.0. The van der Waals surface area contributed by atoms with Crippen LogP contribution in [0.25, 0.3) is 0 Å². The summed E-state index contributed by atoms with van der Waals surface area (Å²) in [5.74, 6) is -1.66. The number of nitrogens with one attached hydrogen (secondary N) is 1. The Balaban J connectivity index is 1.82. The van der Waals surface area contributed by atoms with Crippen molar-refractivity contribution in [3.8, 4) is 0 Å². The number of carbonyl (C=O) groups excluding carboxylic acids is 2. The predicted octanol–water partition coefficient (Wildman–Crippen LogP) is 3.30. The van der Waals surface area contributed by atoms with Crippen LogP contribution in [-0.2, 0) is 24.2 Å². The third kappa shape index (κ3) is 6.37. The van der Waals surface area contributed by atoms with E-state index in [9.17, 15) is 18.0 Å². The number of esters is 1. The van der Waals surface area contributed by atoms with Crippen molar-refractivity contribution in [3.05, 3.63) is 58.6 Å². The summed E-state index contributed by atoms with van der Waals surface area (Å²) in [6.07, 6.45) is -0.346. The molecule has 0 unspecified atom stereocenters. The molecule has 0 heterocycles. The molecule has 0 aliphatic rings. The van der Waals surface area contributed by atoms with Crippen molar-refractivity contribution in [1.29, 1.82) is 0 Å². The number of benzene rings is 2. The molecule has 0 aromatic heterocycles. The average Bonchev–Trinajstić information content (AvgIpc) is 2.62.